The molecule has 1 amide bonds. The zero-order chi connectivity index (χ0) is 13.1. The highest BCUT2D eigenvalue weighted by Crippen LogP contribution is 2.22. The Hall–Kier alpha value is -1.55. The van der Waals surface area contributed by atoms with E-state index in [1.165, 1.54) is 5.56 Å². The van der Waals surface area contributed by atoms with E-state index in [9.17, 15) is 4.79 Å². The number of benzene rings is 1. The van der Waals surface area contributed by atoms with Crippen LogP contribution < -0.4 is 10.1 Å². The minimum atomic E-state index is -0.0789. The number of rotatable bonds is 3. The lowest BCUT2D eigenvalue weighted by Crippen LogP contribution is -2.53. The van der Waals surface area contributed by atoms with Crippen LogP contribution in [-0.2, 0) is 11.3 Å². The van der Waals surface area contributed by atoms with Gasteiger partial charge in [0.15, 0.2) is 0 Å². The first-order chi connectivity index (χ1) is 8.61. The number of methoxy groups -OCH3 is 1. The Labute approximate surface area is 108 Å². The van der Waals surface area contributed by atoms with Crippen molar-refractivity contribution in [3.63, 3.8) is 0 Å². The van der Waals surface area contributed by atoms with Crippen molar-refractivity contribution in [2.75, 3.05) is 20.2 Å². The molecule has 1 heterocycles. The molecule has 1 aromatic carbocycles. The summed E-state index contributed by atoms with van der Waals surface area (Å²) < 4.78 is 5.40. The third-order valence-electron chi connectivity index (χ3n) is 3.44. The lowest BCUT2D eigenvalue weighted by atomic mass is 10.1. The molecule has 0 radical (unpaired) electrons. The molecule has 98 valence electrons. The number of carbonyl (C=O) groups is 1. The van der Waals surface area contributed by atoms with E-state index in [4.69, 9.17) is 4.74 Å². The number of hydrogen-bond donors (Lipinski definition) is 1. The normalized spacial score (nSPS) is 20.6. The first-order valence-electron chi connectivity index (χ1n) is 6.27. The van der Waals surface area contributed by atoms with Crippen LogP contribution in [0.5, 0.6) is 5.75 Å². The van der Waals surface area contributed by atoms with Gasteiger partial charge in [-0.15, -0.1) is 0 Å². The van der Waals surface area contributed by atoms with E-state index in [0.29, 0.717) is 0 Å². The average Bonchev–Trinajstić information content (AvgIpc) is 2.37. The monoisotopic (exact) mass is 248 g/mol. The second-order valence-electron chi connectivity index (χ2n) is 4.75. The molecule has 1 aliphatic rings. The Morgan fingerprint density at radius 3 is 3.00 bits per heavy atom. The van der Waals surface area contributed by atoms with Gasteiger partial charge in [0, 0.05) is 25.2 Å². The van der Waals surface area contributed by atoms with E-state index in [1.54, 1.807) is 7.11 Å². The number of carbonyl (C=O) groups excluding carboxylic acids is 1. The fourth-order valence-electron chi connectivity index (χ4n) is 2.25. The van der Waals surface area contributed by atoms with Gasteiger partial charge in [0.2, 0.25) is 5.91 Å². The summed E-state index contributed by atoms with van der Waals surface area (Å²) >= 11 is 0. The van der Waals surface area contributed by atoms with Gasteiger partial charge in [-0.3, -0.25) is 9.69 Å². The van der Waals surface area contributed by atoms with Crippen molar-refractivity contribution in [3.8, 4) is 5.75 Å². The molecular weight excluding hydrogens is 228 g/mol. The summed E-state index contributed by atoms with van der Waals surface area (Å²) in [6.07, 6.45) is 0. The maximum absolute atomic E-state index is 11.6. The molecule has 4 heteroatoms. The number of piperazine rings is 1. The Morgan fingerprint density at radius 2 is 2.28 bits per heavy atom. The number of hydrogen-bond acceptors (Lipinski definition) is 3. The summed E-state index contributed by atoms with van der Waals surface area (Å²) in [4.78, 5) is 13.8. The minimum absolute atomic E-state index is 0.0789. The summed E-state index contributed by atoms with van der Waals surface area (Å²) in [6.45, 7) is 6.33. The highest BCUT2D eigenvalue weighted by atomic mass is 16.5. The molecule has 1 aromatic rings. The topological polar surface area (TPSA) is 41.6 Å². The number of nitrogens with one attached hydrogen (secondary N) is 1. The summed E-state index contributed by atoms with van der Waals surface area (Å²) in [5.74, 6) is 1.00. The van der Waals surface area contributed by atoms with E-state index >= 15 is 0 Å². The van der Waals surface area contributed by atoms with Gasteiger partial charge < -0.3 is 10.1 Å². The number of ether oxygens (including phenoxy) is 1. The second kappa shape index (κ2) is 5.40. The van der Waals surface area contributed by atoms with E-state index in [0.717, 1.165) is 30.9 Å². The van der Waals surface area contributed by atoms with Crippen molar-refractivity contribution < 1.29 is 9.53 Å². The molecule has 1 atom stereocenters. The van der Waals surface area contributed by atoms with Gasteiger partial charge in [0.1, 0.15) is 5.75 Å². The molecule has 2 rings (SSSR count). The van der Waals surface area contributed by atoms with Gasteiger partial charge in [-0.1, -0.05) is 12.1 Å². The van der Waals surface area contributed by atoms with Crippen molar-refractivity contribution >= 4 is 5.91 Å². The van der Waals surface area contributed by atoms with Crippen LogP contribution >= 0.6 is 0 Å². The maximum Gasteiger partial charge on any atom is 0.237 e. The van der Waals surface area contributed by atoms with Gasteiger partial charge in [-0.25, -0.2) is 0 Å². The predicted molar refractivity (Wildman–Crippen MR) is 70.6 cm³/mol. The fraction of sp³-hybridized carbons (Fsp3) is 0.500. The molecule has 1 aliphatic heterocycles. The van der Waals surface area contributed by atoms with Crippen molar-refractivity contribution in [3.05, 3.63) is 29.3 Å². The minimum Gasteiger partial charge on any atom is -0.496 e. The second-order valence-corrected chi connectivity index (χ2v) is 4.75. The molecule has 0 spiro atoms. The van der Waals surface area contributed by atoms with E-state index in [1.807, 2.05) is 19.9 Å². The fourth-order valence-corrected chi connectivity index (χ4v) is 2.25. The van der Waals surface area contributed by atoms with Crippen LogP contribution in [0.25, 0.3) is 0 Å². The van der Waals surface area contributed by atoms with Gasteiger partial charge in [0.05, 0.1) is 13.2 Å². The summed E-state index contributed by atoms with van der Waals surface area (Å²) in [7, 11) is 1.69. The first-order valence-corrected chi connectivity index (χ1v) is 6.27. The van der Waals surface area contributed by atoms with Crippen LogP contribution in [0.3, 0.4) is 0 Å². The van der Waals surface area contributed by atoms with Gasteiger partial charge >= 0.3 is 0 Å². The Kier molecular flexibility index (Phi) is 3.87. The summed E-state index contributed by atoms with van der Waals surface area (Å²) in [5.41, 5.74) is 2.31. The smallest absolute Gasteiger partial charge is 0.237 e. The van der Waals surface area contributed by atoms with E-state index < -0.39 is 0 Å². The van der Waals surface area contributed by atoms with Crippen LogP contribution in [0.15, 0.2) is 18.2 Å². The third-order valence-corrected chi connectivity index (χ3v) is 3.44. The quantitative estimate of drug-likeness (QED) is 0.877. The summed E-state index contributed by atoms with van der Waals surface area (Å²) in [5, 5.41) is 2.87. The highest BCUT2D eigenvalue weighted by molar-refractivity contribution is 5.82. The van der Waals surface area contributed by atoms with E-state index in [-0.39, 0.29) is 11.9 Å². The standard InChI is InChI=1S/C14H20N2O2/c1-10-4-5-12(13(8-10)18-3)9-16-7-6-15-14(17)11(16)2/h4-5,8,11H,6-7,9H2,1-3H3,(H,15,17)/t11-/m1/s1. The van der Waals surface area contributed by atoms with Crippen molar-refractivity contribution in [2.45, 2.75) is 26.4 Å². The van der Waals surface area contributed by atoms with Crippen LogP contribution in [0.2, 0.25) is 0 Å². The Bertz CT molecular complexity index is 445. The first kappa shape index (κ1) is 12.9. The van der Waals surface area contributed by atoms with Crippen LogP contribution in [0.1, 0.15) is 18.1 Å². The molecular formula is C14H20N2O2. The zero-order valence-electron chi connectivity index (χ0n) is 11.2. The number of aryl methyl sites for hydroxylation is 1. The van der Waals surface area contributed by atoms with Crippen molar-refractivity contribution in [2.24, 2.45) is 0 Å². The molecule has 0 aromatic heterocycles. The molecule has 0 unspecified atom stereocenters. The van der Waals surface area contributed by atoms with Crippen LogP contribution in [-0.4, -0.2) is 37.0 Å². The zero-order valence-corrected chi connectivity index (χ0v) is 11.2. The maximum atomic E-state index is 11.6. The third kappa shape index (κ3) is 2.64. The summed E-state index contributed by atoms with van der Waals surface area (Å²) in [6, 6.07) is 6.11. The van der Waals surface area contributed by atoms with E-state index in [2.05, 4.69) is 22.3 Å². The molecule has 0 saturated carbocycles. The molecule has 1 N–H and O–H groups in total. The van der Waals surface area contributed by atoms with Crippen LogP contribution in [0.4, 0.5) is 0 Å². The Balaban J connectivity index is 2.15. The molecule has 4 nitrogen and oxygen atoms in total. The largest absolute Gasteiger partial charge is 0.496 e. The molecule has 0 aliphatic carbocycles. The lowest BCUT2D eigenvalue weighted by Gasteiger charge is -2.33. The van der Waals surface area contributed by atoms with Crippen LogP contribution in [0, 0.1) is 6.92 Å². The van der Waals surface area contributed by atoms with Gasteiger partial charge in [-0.05, 0) is 25.5 Å². The predicted octanol–water partition coefficient (Wildman–Crippen LogP) is 1.32. The van der Waals surface area contributed by atoms with Gasteiger partial charge in [-0.2, -0.15) is 0 Å². The lowest BCUT2D eigenvalue weighted by molar-refractivity contribution is -0.128. The Morgan fingerprint density at radius 1 is 1.50 bits per heavy atom. The molecule has 1 saturated heterocycles. The number of nitrogens with zero attached hydrogens (tertiary/aromatic N) is 1. The molecule has 0 bridgehead atoms. The average molecular weight is 248 g/mol. The molecule has 1 fully saturated rings. The van der Waals surface area contributed by atoms with Crippen molar-refractivity contribution in [1.82, 2.24) is 10.2 Å². The highest BCUT2D eigenvalue weighted by Gasteiger charge is 2.25. The van der Waals surface area contributed by atoms with Gasteiger partial charge in [0.25, 0.3) is 0 Å². The molecule has 18 heavy (non-hydrogen) atoms. The SMILES string of the molecule is COc1cc(C)ccc1CN1CCNC(=O)[C@H]1C. The number of amides is 1. The van der Waals surface area contributed by atoms with Crippen molar-refractivity contribution in [1.29, 1.82) is 0 Å².